The highest BCUT2D eigenvalue weighted by molar-refractivity contribution is 7.91. The van der Waals surface area contributed by atoms with Crippen molar-refractivity contribution in [2.45, 2.75) is 36.4 Å². The zero-order valence-electron chi connectivity index (χ0n) is 15.8. The second-order valence-electron chi connectivity index (χ2n) is 6.63. The Bertz CT molecular complexity index is 1110. The van der Waals surface area contributed by atoms with Crippen LogP contribution in [0, 0.1) is 0 Å². The normalized spacial score (nSPS) is 18.0. The quantitative estimate of drug-likeness (QED) is 0.613. The van der Waals surface area contributed by atoms with Crippen molar-refractivity contribution >= 4 is 54.0 Å². The molecule has 0 spiro atoms. The van der Waals surface area contributed by atoms with Gasteiger partial charge in [-0.2, -0.15) is 4.31 Å². The van der Waals surface area contributed by atoms with E-state index in [0.29, 0.717) is 24.7 Å². The summed E-state index contributed by atoms with van der Waals surface area (Å²) >= 11 is 2.51. The largest absolute Gasteiger partial charge is 0.494 e. The molecule has 1 amide bonds. The molecule has 1 aliphatic heterocycles. The smallest absolute Gasteiger partial charge is 0.253 e. The summed E-state index contributed by atoms with van der Waals surface area (Å²) in [7, 11) is -3.68. The van der Waals surface area contributed by atoms with Crippen LogP contribution in [0.3, 0.4) is 0 Å². The van der Waals surface area contributed by atoms with Crippen LogP contribution < -0.4 is 10.1 Å². The molecule has 10 heteroatoms. The molecule has 0 bridgehead atoms. The summed E-state index contributed by atoms with van der Waals surface area (Å²) in [5.41, 5.74) is 0.764. The summed E-state index contributed by atoms with van der Waals surface area (Å²) < 4.78 is 34.0. The molecule has 1 unspecified atom stereocenters. The summed E-state index contributed by atoms with van der Waals surface area (Å²) in [5.74, 6) is 0.413. The molecule has 1 fully saturated rings. The van der Waals surface area contributed by atoms with Crippen LogP contribution in [0.15, 0.2) is 39.9 Å². The van der Waals surface area contributed by atoms with Gasteiger partial charge in [0.15, 0.2) is 5.13 Å². The van der Waals surface area contributed by atoms with Crippen molar-refractivity contribution in [3.05, 3.63) is 35.7 Å². The average molecular weight is 452 g/mol. The Balaban J connectivity index is 1.55. The van der Waals surface area contributed by atoms with Crippen molar-refractivity contribution < 1.29 is 17.9 Å². The van der Waals surface area contributed by atoms with Crippen LogP contribution in [0.5, 0.6) is 5.75 Å². The number of hydrogen-bond acceptors (Lipinski definition) is 7. The Labute approximate surface area is 177 Å². The monoisotopic (exact) mass is 451 g/mol. The van der Waals surface area contributed by atoms with Gasteiger partial charge in [0.25, 0.3) is 10.0 Å². The van der Waals surface area contributed by atoms with E-state index in [1.54, 1.807) is 17.5 Å². The number of carbonyl (C=O) groups is 1. The highest BCUT2D eigenvalue weighted by atomic mass is 32.2. The third kappa shape index (κ3) is 4.16. The van der Waals surface area contributed by atoms with E-state index in [4.69, 9.17) is 4.74 Å². The molecular weight excluding hydrogens is 430 g/mol. The van der Waals surface area contributed by atoms with E-state index in [2.05, 4.69) is 10.3 Å². The maximum absolute atomic E-state index is 13.0. The number of carbonyl (C=O) groups excluding carboxylic acids is 1. The number of piperidine rings is 1. The lowest BCUT2D eigenvalue weighted by Crippen LogP contribution is -2.49. The minimum Gasteiger partial charge on any atom is -0.494 e. The van der Waals surface area contributed by atoms with E-state index >= 15 is 0 Å². The van der Waals surface area contributed by atoms with Gasteiger partial charge in [-0.15, -0.1) is 11.3 Å². The minimum atomic E-state index is -3.68. The fourth-order valence-corrected chi connectivity index (χ4v) is 7.06. The number of thiophene rings is 1. The van der Waals surface area contributed by atoms with Gasteiger partial charge in [-0.1, -0.05) is 23.8 Å². The molecule has 0 aliphatic carbocycles. The van der Waals surface area contributed by atoms with E-state index in [-0.39, 0.29) is 10.1 Å². The van der Waals surface area contributed by atoms with Gasteiger partial charge >= 0.3 is 0 Å². The first kappa shape index (κ1) is 20.3. The topological polar surface area (TPSA) is 88.6 Å². The number of nitrogens with one attached hydrogen (secondary N) is 1. The molecule has 1 aromatic carbocycles. The second kappa shape index (κ2) is 8.39. The number of sulfonamides is 1. The van der Waals surface area contributed by atoms with Crippen LogP contribution in [-0.4, -0.2) is 42.8 Å². The number of anilines is 1. The van der Waals surface area contributed by atoms with Crippen LogP contribution in [0.4, 0.5) is 5.13 Å². The first-order valence-electron chi connectivity index (χ1n) is 9.38. The predicted octanol–water partition coefficient (Wildman–Crippen LogP) is 3.94. The second-order valence-corrected chi connectivity index (χ2v) is 10.7. The van der Waals surface area contributed by atoms with Gasteiger partial charge in [0.2, 0.25) is 5.91 Å². The maximum atomic E-state index is 13.0. The zero-order valence-corrected chi connectivity index (χ0v) is 18.3. The summed E-state index contributed by atoms with van der Waals surface area (Å²) in [6, 6.07) is 8.12. The first-order chi connectivity index (χ1) is 14.0. The molecule has 29 heavy (non-hydrogen) atoms. The number of fused-ring (bicyclic) bond motifs is 1. The van der Waals surface area contributed by atoms with Crippen LogP contribution >= 0.6 is 22.7 Å². The van der Waals surface area contributed by atoms with Gasteiger partial charge in [-0.05, 0) is 49.4 Å². The third-order valence-electron chi connectivity index (χ3n) is 4.72. The molecule has 0 saturated carbocycles. The van der Waals surface area contributed by atoms with E-state index in [9.17, 15) is 13.2 Å². The molecule has 1 saturated heterocycles. The standard InChI is InChI=1S/C19H21N3O4S3/c1-2-26-13-8-9-14-16(12-13)28-19(20-14)21-18(23)15-6-3-4-10-22(15)29(24,25)17-7-5-11-27-17/h5,7-9,11-12,15H,2-4,6,10H2,1H3,(H,20,21,23). The Morgan fingerprint density at radius 3 is 2.97 bits per heavy atom. The van der Waals surface area contributed by atoms with Crippen molar-refractivity contribution in [1.29, 1.82) is 0 Å². The fraction of sp³-hybridized carbons (Fsp3) is 0.368. The van der Waals surface area contributed by atoms with Gasteiger partial charge in [0, 0.05) is 6.54 Å². The van der Waals surface area contributed by atoms with E-state index in [1.165, 1.54) is 27.0 Å². The van der Waals surface area contributed by atoms with Crippen LogP contribution in [0.25, 0.3) is 10.2 Å². The molecule has 3 aromatic rings. The highest BCUT2D eigenvalue weighted by Crippen LogP contribution is 2.31. The molecule has 1 atom stereocenters. The summed E-state index contributed by atoms with van der Waals surface area (Å²) in [6.45, 7) is 2.84. The molecule has 0 radical (unpaired) electrons. The van der Waals surface area contributed by atoms with Crippen LogP contribution in [0.1, 0.15) is 26.2 Å². The van der Waals surface area contributed by atoms with Gasteiger partial charge in [-0.25, -0.2) is 13.4 Å². The number of rotatable bonds is 6. The SMILES string of the molecule is CCOc1ccc2nc(NC(=O)C3CCCCN3S(=O)(=O)c3cccs3)sc2c1. The van der Waals surface area contributed by atoms with Crippen molar-refractivity contribution in [2.75, 3.05) is 18.5 Å². The molecule has 7 nitrogen and oxygen atoms in total. The van der Waals surface area contributed by atoms with Gasteiger partial charge in [0.1, 0.15) is 16.0 Å². The zero-order chi connectivity index (χ0) is 20.4. The molecule has 154 valence electrons. The number of aromatic nitrogens is 1. The summed E-state index contributed by atoms with van der Waals surface area (Å²) in [4.78, 5) is 17.4. The van der Waals surface area contributed by atoms with Gasteiger partial charge < -0.3 is 10.1 Å². The summed E-state index contributed by atoms with van der Waals surface area (Å²) in [6.07, 6.45) is 2.05. The Kier molecular flexibility index (Phi) is 5.86. The lowest BCUT2D eigenvalue weighted by atomic mass is 10.0. The summed E-state index contributed by atoms with van der Waals surface area (Å²) in [5, 5.41) is 5.01. The Morgan fingerprint density at radius 1 is 1.34 bits per heavy atom. The molecule has 1 aliphatic rings. The minimum absolute atomic E-state index is 0.264. The molecule has 1 N–H and O–H groups in total. The van der Waals surface area contributed by atoms with Crippen molar-refractivity contribution in [3.8, 4) is 5.75 Å². The predicted molar refractivity (Wildman–Crippen MR) is 115 cm³/mol. The highest BCUT2D eigenvalue weighted by Gasteiger charge is 2.38. The first-order valence-corrected chi connectivity index (χ1v) is 12.5. The van der Waals surface area contributed by atoms with Crippen LogP contribution in [-0.2, 0) is 14.8 Å². The van der Waals surface area contributed by atoms with Gasteiger partial charge in [0.05, 0.1) is 16.8 Å². The number of hydrogen-bond donors (Lipinski definition) is 1. The van der Waals surface area contributed by atoms with E-state index in [0.717, 1.165) is 28.8 Å². The lowest BCUT2D eigenvalue weighted by molar-refractivity contribution is -0.120. The number of ether oxygens (including phenoxy) is 1. The number of thiazole rings is 1. The average Bonchev–Trinajstić information content (AvgIpc) is 3.38. The number of nitrogens with zero attached hydrogens (tertiary/aromatic N) is 2. The van der Waals surface area contributed by atoms with Crippen LogP contribution in [0.2, 0.25) is 0 Å². The van der Waals surface area contributed by atoms with Gasteiger partial charge in [-0.3, -0.25) is 4.79 Å². The molecular formula is C19H21N3O4S3. The molecule has 3 heterocycles. The number of amides is 1. The van der Waals surface area contributed by atoms with Crippen molar-refractivity contribution in [3.63, 3.8) is 0 Å². The van der Waals surface area contributed by atoms with E-state index in [1.807, 2.05) is 25.1 Å². The fourth-order valence-electron chi connectivity index (χ4n) is 3.38. The van der Waals surface area contributed by atoms with Crippen molar-refractivity contribution in [2.24, 2.45) is 0 Å². The van der Waals surface area contributed by atoms with E-state index < -0.39 is 16.1 Å². The third-order valence-corrected chi connectivity index (χ3v) is 8.93. The maximum Gasteiger partial charge on any atom is 0.253 e. The molecule has 4 rings (SSSR count). The Morgan fingerprint density at radius 2 is 2.21 bits per heavy atom. The lowest BCUT2D eigenvalue weighted by Gasteiger charge is -2.32. The Hall–Kier alpha value is -2.01. The van der Waals surface area contributed by atoms with Crippen molar-refractivity contribution in [1.82, 2.24) is 9.29 Å². The molecule has 2 aromatic heterocycles. The number of benzene rings is 1.